The van der Waals surface area contributed by atoms with E-state index in [1.807, 2.05) is 29.2 Å². The van der Waals surface area contributed by atoms with Gasteiger partial charge in [0.2, 0.25) is 0 Å². The van der Waals surface area contributed by atoms with Crippen LogP contribution in [0.1, 0.15) is 49.7 Å². The van der Waals surface area contributed by atoms with Gasteiger partial charge < -0.3 is 10.2 Å². The largest absolute Gasteiger partial charge is 0.334 e. The van der Waals surface area contributed by atoms with Crippen LogP contribution >= 0.6 is 0 Å². The number of hydrogen-bond donors (Lipinski definition) is 1. The maximum absolute atomic E-state index is 12.6. The molecule has 0 aromatic heterocycles. The van der Waals surface area contributed by atoms with Crippen LogP contribution in [0.2, 0.25) is 0 Å². The molecule has 5 nitrogen and oxygen atoms in total. The van der Waals surface area contributed by atoms with E-state index in [1.165, 1.54) is 31.9 Å². The van der Waals surface area contributed by atoms with Gasteiger partial charge in [-0.05, 0) is 42.7 Å². The second-order valence-corrected chi connectivity index (χ2v) is 9.63. The van der Waals surface area contributed by atoms with Crippen molar-refractivity contribution in [1.82, 2.24) is 10.2 Å². The summed E-state index contributed by atoms with van der Waals surface area (Å²) in [5, 5.41) is 3.03. The first-order valence-corrected chi connectivity index (χ1v) is 11.3. The molecule has 1 saturated carbocycles. The van der Waals surface area contributed by atoms with Crippen LogP contribution < -0.4 is 5.32 Å². The number of hydrogen-bond acceptors (Lipinski definition) is 3. The molecule has 0 spiro atoms. The molecule has 2 fully saturated rings. The second kappa shape index (κ2) is 7.77. The van der Waals surface area contributed by atoms with Crippen molar-refractivity contribution in [1.29, 1.82) is 0 Å². The summed E-state index contributed by atoms with van der Waals surface area (Å²) in [4.78, 5) is 14.6. The number of carbonyl (C=O) groups is 1. The Morgan fingerprint density at radius 1 is 1.08 bits per heavy atom. The van der Waals surface area contributed by atoms with Crippen LogP contribution in [0.5, 0.6) is 0 Å². The Balaban J connectivity index is 1.53. The number of nitrogens with one attached hydrogen (secondary N) is 1. The maximum atomic E-state index is 12.6. The third-order valence-corrected chi connectivity index (χ3v) is 6.26. The smallest absolute Gasteiger partial charge is 0.317 e. The predicted molar refractivity (Wildman–Crippen MR) is 98.9 cm³/mol. The summed E-state index contributed by atoms with van der Waals surface area (Å²) in [7, 11) is -3.02. The minimum absolute atomic E-state index is 0.0367. The molecule has 138 valence electrons. The van der Waals surface area contributed by atoms with Gasteiger partial charge in [-0.1, -0.05) is 37.1 Å². The molecule has 1 atom stereocenters. The molecule has 1 N–H and O–H groups in total. The molecule has 6 heteroatoms. The van der Waals surface area contributed by atoms with E-state index in [0.717, 1.165) is 30.5 Å². The highest BCUT2D eigenvalue weighted by Gasteiger charge is 2.35. The van der Waals surface area contributed by atoms with Gasteiger partial charge in [0, 0.05) is 25.4 Å². The Morgan fingerprint density at radius 3 is 2.36 bits per heavy atom. The van der Waals surface area contributed by atoms with E-state index in [4.69, 9.17) is 0 Å². The van der Waals surface area contributed by atoms with E-state index >= 15 is 0 Å². The van der Waals surface area contributed by atoms with E-state index in [1.54, 1.807) is 0 Å². The highest BCUT2D eigenvalue weighted by molar-refractivity contribution is 7.89. The average Bonchev–Trinajstić information content (AvgIpc) is 3.23. The molecule has 1 unspecified atom stereocenters. The standard InChI is InChI=1S/C19H28N2O3S/c1-25(23,24)14-16-10-8-15(9-11-16)13-20-19(22)21-12-4-7-18(21)17-5-2-3-6-17/h8-11,17-18H,2-7,12-14H2,1H3,(H,20,22). The van der Waals surface area contributed by atoms with E-state index in [-0.39, 0.29) is 11.8 Å². The zero-order valence-corrected chi connectivity index (χ0v) is 15.7. The first-order chi connectivity index (χ1) is 11.9. The molecule has 1 heterocycles. The minimum atomic E-state index is -3.02. The van der Waals surface area contributed by atoms with E-state index in [0.29, 0.717) is 18.5 Å². The fourth-order valence-corrected chi connectivity index (χ4v) is 5.01. The number of sulfone groups is 1. The van der Waals surface area contributed by atoms with Crippen LogP contribution in [0.25, 0.3) is 0 Å². The molecular weight excluding hydrogens is 336 g/mol. The summed E-state index contributed by atoms with van der Waals surface area (Å²) in [5.74, 6) is 0.736. The first-order valence-electron chi connectivity index (χ1n) is 9.22. The van der Waals surface area contributed by atoms with Crippen LogP contribution in [-0.4, -0.2) is 38.2 Å². The lowest BCUT2D eigenvalue weighted by Gasteiger charge is -2.29. The first kappa shape index (κ1) is 18.2. The summed E-state index contributed by atoms with van der Waals surface area (Å²) in [6.45, 7) is 1.34. The molecule has 1 aliphatic heterocycles. The molecular formula is C19H28N2O3S. The number of nitrogens with zero attached hydrogens (tertiary/aromatic N) is 1. The third-order valence-electron chi connectivity index (χ3n) is 5.40. The van der Waals surface area contributed by atoms with Crippen molar-refractivity contribution < 1.29 is 13.2 Å². The van der Waals surface area contributed by atoms with Gasteiger partial charge in [-0.25, -0.2) is 13.2 Å². The molecule has 2 aliphatic rings. The fraction of sp³-hybridized carbons (Fsp3) is 0.632. The van der Waals surface area contributed by atoms with Crippen molar-refractivity contribution in [3.8, 4) is 0 Å². The van der Waals surface area contributed by atoms with Gasteiger partial charge in [0.05, 0.1) is 5.75 Å². The van der Waals surface area contributed by atoms with E-state index in [2.05, 4.69) is 5.32 Å². The lowest BCUT2D eigenvalue weighted by atomic mass is 9.96. The predicted octanol–water partition coefficient (Wildman–Crippen LogP) is 3.10. The monoisotopic (exact) mass is 364 g/mol. The van der Waals surface area contributed by atoms with Gasteiger partial charge in [0.25, 0.3) is 0 Å². The SMILES string of the molecule is CS(=O)(=O)Cc1ccc(CNC(=O)N2CCCC2C2CCCC2)cc1. The minimum Gasteiger partial charge on any atom is -0.334 e. The zero-order valence-electron chi connectivity index (χ0n) is 14.9. The molecule has 3 rings (SSSR count). The summed E-state index contributed by atoms with van der Waals surface area (Å²) < 4.78 is 22.6. The van der Waals surface area contributed by atoms with Crippen LogP contribution in [0.4, 0.5) is 4.79 Å². The highest BCUT2D eigenvalue weighted by Crippen LogP contribution is 2.35. The number of carbonyl (C=O) groups excluding carboxylic acids is 1. The van der Waals surface area contributed by atoms with Crippen molar-refractivity contribution in [3.05, 3.63) is 35.4 Å². The Labute approximate surface area is 150 Å². The number of rotatable bonds is 5. The van der Waals surface area contributed by atoms with Crippen molar-refractivity contribution in [3.63, 3.8) is 0 Å². The zero-order chi connectivity index (χ0) is 17.9. The van der Waals surface area contributed by atoms with Gasteiger partial charge in [-0.2, -0.15) is 0 Å². The molecule has 25 heavy (non-hydrogen) atoms. The number of urea groups is 1. The molecule has 1 aromatic carbocycles. The molecule has 1 aliphatic carbocycles. The van der Waals surface area contributed by atoms with Gasteiger partial charge in [-0.15, -0.1) is 0 Å². The second-order valence-electron chi connectivity index (χ2n) is 7.49. The number of amides is 2. The molecule has 0 radical (unpaired) electrons. The molecule has 0 bridgehead atoms. The number of likely N-dealkylation sites (tertiary alicyclic amines) is 1. The number of benzene rings is 1. The van der Waals surface area contributed by atoms with Gasteiger partial charge in [0.1, 0.15) is 0 Å². The van der Waals surface area contributed by atoms with Crippen molar-refractivity contribution in [2.24, 2.45) is 5.92 Å². The van der Waals surface area contributed by atoms with Gasteiger partial charge >= 0.3 is 6.03 Å². The Morgan fingerprint density at radius 2 is 1.72 bits per heavy atom. The maximum Gasteiger partial charge on any atom is 0.317 e. The highest BCUT2D eigenvalue weighted by atomic mass is 32.2. The third kappa shape index (κ3) is 4.97. The van der Waals surface area contributed by atoms with Crippen molar-refractivity contribution in [2.75, 3.05) is 12.8 Å². The van der Waals surface area contributed by atoms with Crippen LogP contribution in [0.15, 0.2) is 24.3 Å². The summed E-state index contributed by atoms with van der Waals surface area (Å²) in [6, 6.07) is 7.87. The Kier molecular flexibility index (Phi) is 5.67. The normalized spacial score (nSPS) is 21.6. The molecule has 2 amide bonds. The molecule has 1 saturated heterocycles. The van der Waals surface area contributed by atoms with Crippen LogP contribution in [-0.2, 0) is 22.1 Å². The van der Waals surface area contributed by atoms with Gasteiger partial charge in [-0.3, -0.25) is 0 Å². The van der Waals surface area contributed by atoms with Crippen molar-refractivity contribution >= 4 is 15.9 Å². The van der Waals surface area contributed by atoms with Crippen molar-refractivity contribution in [2.45, 2.75) is 56.9 Å². The van der Waals surface area contributed by atoms with Crippen LogP contribution in [0, 0.1) is 5.92 Å². The summed E-state index contributed by atoms with van der Waals surface area (Å²) in [6.07, 6.45) is 8.60. The average molecular weight is 365 g/mol. The van der Waals surface area contributed by atoms with E-state index < -0.39 is 9.84 Å². The summed E-state index contributed by atoms with van der Waals surface area (Å²) in [5.41, 5.74) is 1.76. The lowest BCUT2D eigenvalue weighted by molar-refractivity contribution is 0.172. The summed E-state index contributed by atoms with van der Waals surface area (Å²) >= 11 is 0. The topological polar surface area (TPSA) is 66.5 Å². The Hall–Kier alpha value is -1.56. The fourth-order valence-electron chi connectivity index (χ4n) is 4.21. The Bertz CT molecular complexity index is 694. The van der Waals surface area contributed by atoms with E-state index in [9.17, 15) is 13.2 Å². The molecule has 1 aromatic rings. The van der Waals surface area contributed by atoms with Crippen LogP contribution in [0.3, 0.4) is 0 Å². The quantitative estimate of drug-likeness (QED) is 0.873. The lowest BCUT2D eigenvalue weighted by Crippen LogP contribution is -2.45. The van der Waals surface area contributed by atoms with Gasteiger partial charge in [0.15, 0.2) is 9.84 Å².